The van der Waals surface area contributed by atoms with Crippen molar-refractivity contribution < 1.29 is 23.9 Å². The normalized spacial score (nSPS) is 13.4. The van der Waals surface area contributed by atoms with Crippen molar-refractivity contribution in [2.24, 2.45) is 0 Å². The van der Waals surface area contributed by atoms with Crippen molar-refractivity contribution >= 4 is 29.2 Å². The molecule has 7 heteroatoms. The summed E-state index contributed by atoms with van der Waals surface area (Å²) in [4.78, 5) is 37.6. The predicted molar refractivity (Wildman–Crippen MR) is 100 cm³/mol. The molecule has 1 saturated heterocycles. The van der Waals surface area contributed by atoms with E-state index in [0.717, 1.165) is 6.42 Å². The number of nitrogens with one attached hydrogen (secondary N) is 1. The Morgan fingerprint density at radius 1 is 1.11 bits per heavy atom. The number of para-hydroxylation sites is 1. The van der Waals surface area contributed by atoms with Crippen LogP contribution in [0.5, 0.6) is 11.5 Å². The van der Waals surface area contributed by atoms with E-state index in [9.17, 15) is 14.4 Å². The van der Waals surface area contributed by atoms with Gasteiger partial charge >= 0.3 is 5.97 Å². The topological polar surface area (TPSA) is 84.9 Å². The molecule has 140 valence electrons. The molecule has 0 aromatic heterocycles. The van der Waals surface area contributed by atoms with Gasteiger partial charge in [-0.1, -0.05) is 12.1 Å². The molecule has 1 aliphatic rings. The van der Waals surface area contributed by atoms with Gasteiger partial charge in [-0.25, -0.2) is 0 Å². The Morgan fingerprint density at radius 2 is 1.89 bits per heavy atom. The van der Waals surface area contributed by atoms with Crippen LogP contribution in [-0.4, -0.2) is 31.4 Å². The standard InChI is InChI=1S/C20H20N2O5/c1-13(23)27-17-7-4-3-6-15(17)20(25)21-14-9-10-18(26-2)16(12-14)22-11-5-8-19(22)24/h3-4,6-7,9-10,12H,5,8,11H2,1-2H3,(H,21,25). The number of carbonyl (C=O) groups is 3. The van der Waals surface area contributed by atoms with Crippen molar-refractivity contribution in [2.45, 2.75) is 19.8 Å². The van der Waals surface area contributed by atoms with Crippen LogP contribution >= 0.6 is 0 Å². The van der Waals surface area contributed by atoms with E-state index in [-0.39, 0.29) is 17.2 Å². The molecular weight excluding hydrogens is 348 g/mol. The van der Waals surface area contributed by atoms with Gasteiger partial charge in [0.2, 0.25) is 5.91 Å². The van der Waals surface area contributed by atoms with Crippen LogP contribution < -0.4 is 19.7 Å². The number of carbonyl (C=O) groups excluding carboxylic acids is 3. The first-order valence-electron chi connectivity index (χ1n) is 8.57. The number of methoxy groups -OCH3 is 1. The van der Waals surface area contributed by atoms with Gasteiger partial charge in [0.1, 0.15) is 11.5 Å². The highest BCUT2D eigenvalue weighted by Gasteiger charge is 2.25. The number of esters is 1. The maximum atomic E-state index is 12.7. The Labute approximate surface area is 156 Å². The molecule has 2 aromatic rings. The van der Waals surface area contributed by atoms with Crippen LogP contribution in [0.3, 0.4) is 0 Å². The smallest absolute Gasteiger partial charge is 0.308 e. The van der Waals surface area contributed by atoms with E-state index >= 15 is 0 Å². The molecule has 0 radical (unpaired) electrons. The van der Waals surface area contributed by atoms with E-state index in [1.54, 1.807) is 47.4 Å². The highest BCUT2D eigenvalue weighted by molar-refractivity contribution is 6.07. The number of benzene rings is 2. The zero-order valence-corrected chi connectivity index (χ0v) is 15.2. The van der Waals surface area contributed by atoms with Gasteiger partial charge in [0.15, 0.2) is 0 Å². The molecule has 3 rings (SSSR count). The Hall–Kier alpha value is -3.35. The van der Waals surface area contributed by atoms with E-state index in [4.69, 9.17) is 9.47 Å². The third-order valence-electron chi connectivity index (χ3n) is 4.19. The lowest BCUT2D eigenvalue weighted by Crippen LogP contribution is -2.24. The lowest BCUT2D eigenvalue weighted by atomic mass is 10.1. The van der Waals surface area contributed by atoms with Gasteiger partial charge in [-0.3, -0.25) is 14.4 Å². The van der Waals surface area contributed by atoms with Gasteiger partial charge in [0.05, 0.1) is 18.4 Å². The van der Waals surface area contributed by atoms with Crippen molar-refractivity contribution in [3.8, 4) is 11.5 Å². The number of rotatable bonds is 5. The number of ether oxygens (including phenoxy) is 2. The highest BCUT2D eigenvalue weighted by atomic mass is 16.5. The zero-order chi connectivity index (χ0) is 19.4. The molecule has 0 saturated carbocycles. The fourth-order valence-corrected chi connectivity index (χ4v) is 2.98. The van der Waals surface area contributed by atoms with E-state index in [1.807, 2.05) is 0 Å². The number of amides is 2. The molecule has 1 N–H and O–H groups in total. The summed E-state index contributed by atoms with van der Waals surface area (Å²) in [6.07, 6.45) is 1.28. The molecule has 2 aromatic carbocycles. The summed E-state index contributed by atoms with van der Waals surface area (Å²) in [6.45, 7) is 1.89. The molecule has 0 spiro atoms. The van der Waals surface area contributed by atoms with E-state index < -0.39 is 11.9 Å². The Balaban J connectivity index is 1.87. The average Bonchev–Trinajstić information content (AvgIpc) is 3.07. The molecule has 27 heavy (non-hydrogen) atoms. The molecule has 7 nitrogen and oxygen atoms in total. The van der Waals surface area contributed by atoms with E-state index in [0.29, 0.717) is 30.1 Å². The number of hydrogen-bond donors (Lipinski definition) is 1. The second-order valence-corrected chi connectivity index (χ2v) is 6.08. The molecular formula is C20H20N2O5. The van der Waals surface area contributed by atoms with Crippen LogP contribution in [0.4, 0.5) is 11.4 Å². The first-order valence-corrected chi connectivity index (χ1v) is 8.57. The van der Waals surface area contributed by atoms with Gasteiger partial charge in [-0.05, 0) is 36.8 Å². The van der Waals surface area contributed by atoms with Gasteiger partial charge in [-0.15, -0.1) is 0 Å². The Kier molecular flexibility index (Phi) is 5.40. The minimum absolute atomic E-state index is 0.0250. The summed E-state index contributed by atoms with van der Waals surface area (Å²) in [5.74, 6) is -0.156. The molecule has 0 bridgehead atoms. The average molecular weight is 368 g/mol. The molecule has 1 fully saturated rings. The van der Waals surface area contributed by atoms with Crippen LogP contribution in [0.25, 0.3) is 0 Å². The van der Waals surface area contributed by atoms with Gasteiger partial charge in [0, 0.05) is 25.6 Å². The van der Waals surface area contributed by atoms with Crippen molar-refractivity contribution in [3.63, 3.8) is 0 Å². The minimum atomic E-state index is -0.505. The van der Waals surface area contributed by atoms with Gasteiger partial charge in [-0.2, -0.15) is 0 Å². The van der Waals surface area contributed by atoms with Crippen molar-refractivity contribution in [1.82, 2.24) is 0 Å². The molecule has 0 atom stereocenters. The summed E-state index contributed by atoms with van der Waals surface area (Å²) < 4.78 is 10.4. The minimum Gasteiger partial charge on any atom is -0.495 e. The summed E-state index contributed by atoms with van der Waals surface area (Å²) in [5.41, 5.74) is 1.36. The molecule has 0 unspecified atom stereocenters. The monoisotopic (exact) mass is 368 g/mol. The third kappa shape index (κ3) is 4.08. The summed E-state index contributed by atoms with van der Waals surface area (Å²) in [5, 5.41) is 2.78. The first kappa shape index (κ1) is 18.4. The maximum Gasteiger partial charge on any atom is 0.308 e. The summed E-state index contributed by atoms with van der Waals surface area (Å²) in [6, 6.07) is 11.6. The second-order valence-electron chi connectivity index (χ2n) is 6.08. The summed E-state index contributed by atoms with van der Waals surface area (Å²) in [7, 11) is 1.53. The highest BCUT2D eigenvalue weighted by Crippen LogP contribution is 2.34. The number of nitrogens with zero attached hydrogens (tertiary/aromatic N) is 1. The number of hydrogen-bond acceptors (Lipinski definition) is 5. The lowest BCUT2D eigenvalue weighted by Gasteiger charge is -2.20. The Bertz CT molecular complexity index is 894. The van der Waals surface area contributed by atoms with Gasteiger partial charge < -0.3 is 19.7 Å². The molecule has 2 amide bonds. The third-order valence-corrected chi connectivity index (χ3v) is 4.19. The van der Waals surface area contributed by atoms with E-state index in [1.165, 1.54) is 14.0 Å². The molecule has 1 heterocycles. The second kappa shape index (κ2) is 7.90. The fraction of sp³-hybridized carbons (Fsp3) is 0.250. The van der Waals surface area contributed by atoms with Crippen LogP contribution in [0.2, 0.25) is 0 Å². The van der Waals surface area contributed by atoms with Gasteiger partial charge in [0.25, 0.3) is 5.91 Å². The largest absolute Gasteiger partial charge is 0.495 e. The van der Waals surface area contributed by atoms with Crippen LogP contribution in [0, 0.1) is 0 Å². The summed E-state index contributed by atoms with van der Waals surface area (Å²) >= 11 is 0. The SMILES string of the molecule is COc1ccc(NC(=O)c2ccccc2OC(C)=O)cc1N1CCCC1=O. The van der Waals surface area contributed by atoms with Crippen LogP contribution in [-0.2, 0) is 9.59 Å². The van der Waals surface area contributed by atoms with Crippen LogP contribution in [0.1, 0.15) is 30.1 Å². The molecule has 1 aliphatic heterocycles. The van der Waals surface area contributed by atoms with E-state index in [2.05, 4.69) is 5.32 Å². The Morgan fingerprint density at radius 3 is 2.56 bits per heavy atom. The van der Waals surface area contributed by atoms with Crippen molar-refractivity contribution in [1.29, 1.82) is 0 Å². The molecule has 0 aliphatic carbocycles. The predicted octanol–water partition coefficient (Wildman–Crippen LogP) is 3.00. The van der Waals surface area contributed by atoms with Crippen LogP contribution in [0.15, 0.2) is 42.5 Å². The quantitative estimate of drug-likeness (QED) is 0.648. The first-order chi connectivity index (χ1) is 13.0. The number of anilines is 2. The maximum absolute atomic E-state index is 12.7. The lowest BCUT2D eigenvalue weighted by molar-refractivity contribution is -0.131. The van der Waals surface area contributed by atoms with Crippen molar-refractivity contribution in [3.05, 3.63) is 48.0 Å². The fourth-order valence-electron chi connectivity index (χ4n) is 2.98. The van der Waals surface area contributed by atoms with Crippen molar-refractivity contribution in [2.75, 3.05) is 23.9 Å². The zero-order valence-electron chi connectivity index (χ0n) is 15.2.